The molecule has 0 spiro atoms. The maximum atomic E-state index is 13.5. The highest BCUT2D eigenvalue weighted by atomic mass is 16.5. The summed E-state index contributed by atoms with van der Waals surface area (Å²) in [6.45, 7) is 6.61. The van der Waals surface area contributed by atoms with Crippen molar-refractivity contribution in [1.29, 1.82) is 0 Å². The Balaban J connectivity index is 1.76. The van der Waals surface area contributed by atoms with E-state index in [0.29, 0.717) is 19.7 Å². The summed E-state index contributed by atoms with van der Waals surface area (Å²) in [5.41, 5.74) is 3.07. The summed E-state index contributed by atoms with van der Waals surface area (Å²) in [5.74, 6) is 0.0654. The van der Waals surface area contributed by atoms with Crippen molar-refractivity contribution in [3.63, 3.8) is 0 Å². The highest BCUT2D eigenvalue weighted by molar-refractivity contribution is 5.82. The molecular formula is C25H40N4O5. The van der Waals surface area contributed by atoms with Crippen LogP contribution in [-0.2, 0) is 31.8 Å². The zero-order valence-electron chi connectivity index (χ0n) is 21.0. The Hall–Kier alpha value is -2.23. The zero-order valence-corrected chi connectivity index (χ0v) is 21.0. The van der Waals surface area contributed by atoms with Gasteiger partial charge in [-0.05, 0) is 70.1 Å². The van der Waals surface area contributed by atoms with Crippen LogP contribution < -0.4 is 10.6 Å². The predicted molar refractivity (Wildman–Crippen MR) is 129 cm³/mol. The molecule has 1 aliphatic heterocycles. The minimum atomic E-state index is -0.446. The van der Waals surface area contributed by atoms with E-state index in [4.69, 9.17) is 14.5 Å². The van der Waals surface area contributed by atoms with E-state index in [-0.39, 0.29) is 24.1 Å². The van der Waals surface area contributed by atoms with Crippen molar-refractivity contribution >= 4 is 12.0 Å². The summed E-state index contributed by atoms with van der Waals surface area (Å²) >= 11 is 0. The number of carbonyl (C=O) groups excluding carboxylic acids is 2. The fraction of sp³-hybridized carbons (Fsp3) is 0.720. The van der Waals surface area contributed by atoms with Crippen molar-refractivity contribution in [1.82, 2.24) is 20.5 Å². The van der Waals surface area contributed by atoms with Gasteiger partial charge in [-0.3, -0.25) is 9.78 Å². The van der Waals surface area contributed by atoms with Crippen molar-refractivity contribution in [2.75, 3.05) is 40.5 Å². The molecule has 3 rings (SSSR count). The number of alkyl carbamates (subject to hydrolysis) is 1. The van der Waals surface area contributed by atoms with Gasteiger partial charge in [-0.25, -0.2) is 4.79 Å². The number of methoxy groups -OCH3 is 2. The molecule has 0 aromatic carbocycles. The lowest BCUT2D eigenvalue weighted by atomic mass is 10.0. The van der Waals surface area contributed by atoms with Crippen LogP contribution in [0.25, 0.3) is 0 Å². The van der Waals surface area contributed by atoms with E-state index in [0.717, 1.165) is 62.0 Å². The van der Waals surface area contributed by atoms with Crippen molar-refractivity contribution in [3.05, 3.63) is 29.1 Å². The second-order valence-corrected chi connectivity index (χ2v) is 9.25. The minimum absolute atomic E-state index is 0.0255. The molecule has 1 aromatic rings. The third-order valence-corrected chi connectivity index (χ3v) is 6.33. The van der Waals surface area contributed by atoms with Crippen molar-refractivity contribution in [2.45, 2.75) is 76.7 Å². The van der Waals surface area contributed by atoms with Gasteiger partial charge < -0.3 is 29.7 Å². The van der Waals surface area contributed by atoms with Gasteiger partial charge in [0.25, 0.3) is 5.91 Å². The van der Waals surface area contributed by atoms with Gasteiger partial charge in [-0.15, -0.1) is 0 Å². The normalized spacial score (nSPS) is 21.1. The smallest absolute Gasteiger partial charge is 0.406 e. The van der Waals surface area contributed by atoms with Gasteiger partial charge in [0.1, 0.15) is 6.10 Å². The number of ether oxygens (including phenoxy) is 3. The molecule has 1 aliphatic carbocycles. The number of nitrogens with one attached hydrogen (secondary N) is 2. The fourth-order valence-corrected chi connectivity index (χ4v) is 4.41. The van der Waals surface area contributed by atoms with Gasteiger partial charge in [0.05, 0.1) is 19.3 Å². The molecule has 0 unspecified atom stereocenters. The van der Waals surface area contributed by atoms with E-state index in [1.807, 2.05) is 11.8 Å². The van der Waals surface area contributed by atoms with E-state index < -0.39 is 12.2 Å². The lowest BCUT2D eigenvalue weighted by molar-refractivity contribution is -0.152. The number of rotatable bonds is 12. The number of hydrogen-bond acceptors (Lipinski definition) is 7. The van der Waals surface area contributed by atoms with E-state index >= 15 is 0 Å². The summed E-state index contributed by atoms with van der Waals surface area (Å²) in [6.07, 6.45) is 4.39. The first-order chi connectivity index (χ1) is 16.4. The van der Waals surface area contributed by atoms with Crippen LogP contribution in [0, 0.1) is 0 Å². The van der Waals surface area contributed by atoms with Gasteiger partial charge >= 0.3 is 6.09 Å². The molecule has 0 radical (unpaired) electrons. The highest BCUT2D eigenvalue weighted by Crippen LogP contribution is 2.36. The number of hydrogen-bond donors (Lipinski definition) is 2. The third kappa shape index (κ3) is 7.65. The molecule has 2 aliphatic rings. The van der Waals surface area contributed by atoms with Crippen molar-refractivity contribution < 1.29 is 23.8 Å². The molecule has 1 saturated carbocycles. The first-order valence-electron chi connectivity index (χ1n) is 12.4. The molecule has 190 valence electrons. The summed E-state index contributed by atoms with van der Waals surface area (Å²) < 4.78 is 15.8. The number of nitrogens with zero attached hydrogens (tertiary/aromatic N) is 2. The van der Waals surface area contributed by atoms with Crippen molar-refractivity contribution in [2.24, 2.45) is 0 Å². The van der Waals surface area contributed by atoms with Crippen LogP contribution in [0.1, 0.15) is 62.5 Å². The number of amides is 2. The van der Waals surface area contributed by atoms with Crippen LogP contribution in [0.3, 0.4) is 0 Å². The SMILES string of the molecule is COCCCc1cc([C@@H](C)N(C(=O)[C@H]2CNC[C@@H](C)O2)C2CC2)cc(CCCNC(=O)OC)n1. The fourth-order valence-electron chi connectivity index (χ4n) is 4.41. The monoisotopic (exact) mass is 476 g/mol. The molecule has 2 amide bonds. The van der Waals surface area contributed by atoms with Gasteiger partial charge in [0.2, 0.25) is 0 Å². The van der Waals surface area contributed by atoms with E-state index in [2.05, 4.69) is 34.4 Å². The van der Waals surface area contributed by atoms with E-state index in [9.17, 15) is 9.59 Å². The summed E-state index contributed by atoms with van der Waals surface area (Å²) in [5, 5.41) is 6.03. The molecule has 9 heteroatoms. The molecule has 0 bridgehead atoms. The van der Waals surface area contributed by atoms with Crippen LogP contribution in [-0.4, -0.2) is 80.6 Å². The Kier molecular flexibility index (Phi) is 10.1. The molecule has 2 fully saturated rings. The number of aromatic nitrogens is 1. The summed E-state index contributed by atoms with van der Waals surface area (Å²) in [7, 11) is 3.06. The number of morpholine rings is 1. The van der Waals surface area contributed by atoms with Gasteiger partial charge in [-0.1, -0.05) is 0 Å². The maximum absolute atomic E-state index is 13.5. The Labute approximate surface area is 202 Å². The van der Waals surface area contributed by atoms with E-state index in [1.165, 1.54) is 7.11 Å². The van der Waals surface area contributed by atoms with Crippen LogP contribution in [0.15, 0.2) is 12.1 Å². The Bertz CT molecular complexity index is 816. The molecule has 34 heavy (non-hydrogen) atoms. The number of pyridine rings is 1. The van der Waals surface area contributed by atoms with Crippen molar-refractivity contribution in [3.8, 4) is 0 Å². The minimum Gasteiger partial charge on any atom is -0.453 e. The third-order valence-electron chi connectivity index (χ3n) is 6.33. The molecular weight excluding hydrogens is 436 g/mol. The van der Waals surface area contributed by atoms with Gasteiger partial charge in [-0.2, -0.15) is 0 Å². The average Bonchev–Trinajstić information content (AvgIpc) is 3.67. The number of aryl methyl sites for hydroxylation is 2. The van der Waals surface area contributed by atoms with E-state index in [1.54, 1.807) is 7.11 Å². The molecule has 2 N–H and O–H groups in total. The Morgan fingerprint density at radius 2 is 1.91 bits per heavy atom. The second-order valence-electron chi connectivity index (χ2n) is 9.25. The van der Waals surface area contributed by atoms with Crippen LogP contribution in [0.5, 0.6) is 0 Å². The summed E-state index contributed by atoms with van der Waals surface area (Å²) in [6, 6.07) is 4.42. The maximum Gasteiger partial charge on any atom is 0.406 e. The first kappa shape index (κ1) is 26.4. The standard InChI is InChI=1S/C25H40N4O5/c1-17-15-26-16-23(34-17)24(30)29(22-9-10-22)18(2)19-13-20(7-5-11-27-25(31)33-4)28-21(14-19)8-6-12-32-3/h13-14,17-18,22-23,26H,5-12,15-16H2,1-4H3,(H,27,31)/t17-,18-,23-/m1/s1. The Morgan fingerprint density at radius 1 is 1.21 bits per heavy atom. The zero-order chi connectivity index (χ0) is 24.5. The highest BCUT2D eigenvalue weighted by Gasteiger charge is 2.40. The summed E-state index contributed by atoms with van der Waals surface area (Å²) in [4.78, 5) is 31.7. The predicted octanol–water partition coefficient (Wildman–Crippen LogP) is 2.38. The molecule has 3 atom stereocenters. The van der Waals surface area contributed by atoms with Gasteiger partial charge in [0.15, 0.2) is 0 Å². The molecule has 1 aromatic heterocycles. The molecule has 2 heterocycles. The first-order valence-corrected chi connectivity index (χ1v) is 12.4. The largest absolute Gasteiger partial charge is 0.453 e. The van der Waals surface area contributed by atoms with Crippen LogP contribution in [0.4, 0.5) is 4.79 Å². The quantitative estimate of drug-likeness (QED) is 0.447. The van der Waals surface area contributed by atoms with Crippen LogP contribution in [0.2, 0.25) is 0 Å². The average molecular weight is 477 g/mol. The second kappa shape index (κ2) is 13.0. The Morgan fingerprint density at radius 3 is 2.53 bits per heavy atom. The number of carbonyl (C=O) groups is 2. The molecule has 9 nitrogen and oxygen atoms in total. The lowest BCUT2D eigenvalue weighted by Gasteiger charge is -2.36. The topological polar surface area (TPSA) is 102 Å². The lowest BCUT2D eigenvalue weighted by Crippen LogP contribution is -2.53. The van der Waals surface area contributed by atoms with Crippen LogP contribution >= 0.6 is 0 Å². The molecule has 1 saturated heterocycles. The van der Waals surface area contributed by atoms with Gasteiger partial charge in [0, 0.05) is 50.8 Å².